The molecule has 1 saturated heterocycles. The maximum Gasteiger partial charge on any atom is 0.321 e. The number of unbranched alkanes of at least 4 members (excludes halogenated alkanes) is 1. The Bertz CT molecular complexity index is 1090. The minimum atomic E-state index is -1.41. The molecule has 33 heavy (non-hydrogen) atoms. The third-order valence-corrected chi connectivity index (χ3v) is 7.19. The molecule has 1 unspecified atom stereocenters. The highest BCUT2D eigenvalue weighted by molar-refractivity contribution is 7.85. The van der Waals surface area contributed by atoms with E-state index < -0.39 is 10.8 Å². The SMILES string of the molecule is O=[NH+]c1cc(NC(=O)N2CCCC2)cc(S(=O)CCCCN2C(=O)c3ccccc3C2=O)c1. The summed E-state index contributed by atoms with van der Waals surface area (Å²) < 4.78 is 12.8. The van der Waals surface area contributed by atoms with Crippen LogP contribution in [0, 0.1) is 4.91 Å². The van der Waals surface area contributed by atoms with Crippen LogP contribution >= 0.6 is 0 Å². The molecule has 1 atom stereocenters. The van der Waals surface area contributed by atoms with Crippen LogP contribution in [0.5, 0.6) is 0 Å². The summed E-state index contributed by atoms with van der Waals surface area (Å²) in [6, 6.07) is 11.1. The summed E-state index contributed by atoms with van der Waals surface area (Å²) in [5.74, 6) is -0.306. The average Bonchev–Trinajstić information content (AvgIpc) is 3.45. The van der Waals surface area contributed by atoms with Crippen molar-refractivity contribution in [3.63, 3.8) is 0 Å². The van der Waals surface area contributed by atoms with Crippen molar-refractivity contribution in [1.29, 1.82) is 0 Å². The van der Waals surface area contributed by atoms with Crippen LogP contribution in [0.4, 0.5) is 16.2 Å². The number of likely N-dealkylation sites (tertiary alicyclic amines) is 1. The second-order valence-electron chi connectivity index (χ2n) is 8.04. The van der Waals surface area contributed by atoms with Crippen molar-refractivity contribution in [2.45, 2.75) is 30.6 Å². The van der Waals surface area contributed by atoms with Gasteiger partial charge in [0.05, 0.1) is 27.6 Å². The monoisotopic (exact) mass is 469 g/mol. The lowest BCUT2D eigenvalue weighted by atomic mass is 10.1. The van der Waals surface area contributed by atoms with E-state index in [4.69, 9.17) is 0 Å². The molecule has 2 aliphatic rings. The van der Waals surface area contributed by atoms with Gasteiger partial charge in [-0.2, -0.15) is 0 Å². The van der Waals surface area contributed by atoms with Gasteiger partial charge in [-0.3, -0.25) is 18.7 Å². The largest absolute Gasteiger partial charge is 0.325 e. The Morgan fingerprint density at radius 3 is 2.30 bits per heavy atom. The van der Waals surface area contributed by atoms with Gasteiger partial charge in [0.2, 0.25) is 0 Å². The van der Waals surface area contributed by atoms with Crippen molar-refractivity contribution in [2.75, 3.05) is 30.7 Å². The van der Waals surface area contributed by atoms with Gasteiger partial charge in [-0.1, -0.05) is 12.1 Å². The third-order valence-electron chi connectivity index (χ3n) is 5.77. The first-order valence-corrected chi connectivity index (χ1v) is 12.2. The summed E-state index contributed by atoms with van der Waals surface area (Å²) in [6.07, 6.45) is 2.96. The summed E-state index contributed by atoms with van der Waals surface area (Å²) in [5, 5.41) is 4.57. The number of rotatable bonds is 8. The van der Waals surface area contributed by atoms with E-state index >= 15 is 0 Å². The number of hydrogen-bond acceptors (Lipinski definition) is 5. The molecule has 2 aliphatic heterocycles. The standard InChI is InChI=1S/C23H24N4O5S/c28-21-19-7-1-2-8-20(19)22(29)27(21)11-5-6-12-33(32)18-14-16(13-17(15-18)25-31)24-23(30)26-9-3-4-10-26/h1-2,7-8,13-15H,3-6,9-12H2,(H,24,30)/p+1. The summed E-state index contributed by atoms with van der Waals surface area (Å²) >= 11 is 0. The number of carbonyl (C=O) groups excluding carboxylic acids is 3. The molecular weight excluding hydrogens is 444 g/mol. The van der Waals surface area contributed by atoms with E-state index in [2.05, 4.69) is 5.32 Å². The number of benzene rings is 2. The number of anilines is 1. The van der Waals surface area contributed by atoms with Crippen LogP contribution in [-0.4, -0.2) is 57.2 Å². The molecule has 2 aromatic carbocycles. The molecule has 0 bridgehead atoms. The lowest BCUT2D eigenvalue weighted by molar-refractivity contribution is -0.379. The normalized spacial score (nSPS) is 16.1. The molecule has 0 aromatic heterocycles. The maximum atomic E-state index is 12.8. The number of nitroso groups, excluding NO2 is 1. The number of nitrogens with one attached hydrogen (secondary N) is 2. The molecule has 172 valence electrons. The molecule has 2 aromatic rings. The van der Waals surface area contributed by atoms with E-state index in [1.165, 1.54) is 17.0 Å². The third kappa shape index (κ3) is 5.00. The minimum Gasteiger partial charge on any atom is -0.325 e. The highest BCUT2D eigenvalue weighted by atomic mass is 32.2. The molecule has 10 heteroatoms. The minimum absolute atomic E-state index is 0.212. The molecule has 0 saturated carbocycles. The first kappa shape index (κ1) is 22.8. The van der Waals surface area contributed by atoms with Gasteiger partial charge < -0.3 is 10.2 Å². The van der Waals surface area contributed by atoms with Crippen molar-refractivity contribution in [3.8, 4) is 0 Å². The number of carbonyl (C=O) groups is 3. The molecule has 4 amide bonds. The Morgan fingerprint density at radius 2 is 1.67 bits per heavy atom. The summed E-state index contributed by atoms with van der Waals surface area (Å²) in [7, 11) is -1.41. The Balaban J connectivity index is 1.33. The van der Waals surface area contributed by atoms with Crippen molar-refractivity contribution in [3.05, 3.63) is 58.5 Å². The molecule has 1 fully saturated rings. The van der Waals surface area contributed by atoms with Crippen LogP contribution in [0.15, 0.2) is 47.4 Å². The number of urea groups is 1. The molecule has 2 heterocycles. The van der Waals surface area contributed by atoms with E-state index in [0.29, 0.717) is 53.4 Å². The zero-order valence-electron chi connectivity index (χ0n) is 18.0. The van der Waals surface area contributed by atoms with E-state index in [1.807, 2.05) is 0 Å². The first-order valence-electron chi connectivity index (χ1n) is 10.9. The van der Waals surface area contributed by atoms with Crippen LogP contribution in [-0.2, 0) is 10.8 Å². The second-order valence-corrected chi connectivity index (χ2v) is 9.61. The molecule has 4 rings (SSSR count). The quantitative estimate of drug-likeness (QED) is 0.453. The number of nitrogens with zero attached hydrogens (tertiary/aromatic N) is 2. The second kappa shape index (κ2) is 10.0. The van der Waals surface area contributed by atoms with Crippen molar-refractivity contribution in [2.24, 2.45) is 0 Å². The van der Waals surface area contributed by atoms with Gasteiger partial charge in [0, 0.05) is 52.5 Å². The number of amides is 4. The number of imide groups is 1. The molecule has 2 N–H and O–H groups in total. The Kier molecular flexibility index (Phi) is 6.93. The smallest absolute Gasteiger partial charge is 0.321 e. The van der Waals surface area contributed by atoms with E-state index in [0.717, 1.165) is 12.8 Å². The van der Waals surface area contributed by atoms with Gasteiger partial charge in [-0.25, -0.2) is 4.79 Å². The van der Waals surface area contributed by atoms with Gasteiger partial charge in [0.25, 0.3) is 17.5 Å². The van der Waals surface area contributed by atoms with Gasteiger partial charge in [0.15, 0.2) is 0 Å². The number of hydrogen-bond donors (Lipinski definition) is 2. The van der Waals surface area contributed by atoms with Gasteiger partial charge in [-0.05, 0) is 43.9 Å². The van der Waals surface area contributed by atoms with Gasteiger partial charge in [-0.15, -0.1) is 0 Å². The van der Waals surface area contributed by atoms with E-state index in [-0.39, 0.29) is 30.1 Å². The van der Waals surface area contributed by atoms with Crippen LogP contribution in [0.2, 0.25) is 0 Å². The van der Waals surface area contributed by atoms with Crippen LogP contribution in [0.1, 0.15) is 46.4 Å². The number of fused-ring (bicyclic) bond motifs is 1. The molecular formula is C23H25N4O5S+. The van der Waals surface area contributed by atoms with Crippen LogP contribution < -0.4 is 10.5 Å². The topological polar surface area (TPSA) is 118 Å². The van der Waals surface area contributed by atoms with Crippen LogP contribution in [0.25, 0.3) is 0 Å². The predicted molar refractivity (Wildman–Crippen MR) is 123 cm³/mol. The van der Waals surface area contributed by atoms with Crippen molar-refractivity contribution >= 4 is 40.0 Å². The highest BCUT2D eigenvalue weighted by Crippen LogP contribution is 2.23. The predicted octanol–water partition coefficient (Wildman–Crippen LogP) is 1.98. The zero-order valence-corrected chi connectivity index (χ0v) is 18.9. The Morgan fingerprint density at radius 1 is 1.00 bits per heavy atom. The molecule has 0 radical (unpaired) electrons. The van der Waals surface area contributed by atoms with E-state index in [1.54, 1.807) is 40.4 Å². The summed E-state index contributed by atoms with van der Waals surface area (Å²) in [6.45, 7) is 1.64. The lowest BCUT2D eigenvalue weighted by Gasteiger charge is -2.16. The van der Waals surface area contributed by atoms with Crippen molar-refractivity contribution < 1.29 is 23.8 Å². The Hall–Kier alpha value is -3.40. The fourth-order valence-electron chi connectivity index (χ4n) is 4.05. The van der Waals surface area contributed by atoms with Crippen molar-refractivity contribution in [1.82, 2.24) is 9.80 Å². The molecule has 9 nitrogen and oxygen atoms in total. The highest BCUT2D eigenvalue weighted by Gasteiger charge is 2.34. The van der Waals surface area contributed by atoms with E-state index in [9.17, 15) is 23.5 Å². The Labute approximate surface area is 193 Å². The molecule has 0 spiro atoms. The zero-order chi connectivity index (χ0) is 23.4. The van der Waals surface area contributed by atoms with Gasteiger partial charge in [0.1, 0.15) is 0 Å². The maximum absolute atomic E-state index is 12.8. The fourth-order valence-corrected chi connectivity index (χ4v) is 5.27. The van der Waals surface area contributed by atoms with Crippen LogP contribution in [0.3, 0.4) is 0 Å². The fraction of sp³-hybridized carbons (Fsp3) is 0.348. The summed E-state index contributed by atoms with van der Waals surface area (Å²) in [5.41, 5.74) is 1.44. The molecule has 0 aliphatic carbocycles. The summed E-state index contributed by atoms with van der Waals surface area (Å²) in [4.78, 5) is 51.8. The van der Waals surface area contributed by atoms with Gasteiger partial charge >= 0.3 is 6.03 Å². The average molecular weight is 470 g/mol. The first-order chi connectivity index (χ1) is 16.0. The lowest BCUT2D eigenvalue weighted by Crippen LogP contribution is -2.55.